The first kappa shape index (κ1) is 17.3. The molecule has 1 amide bonds. The maximum absolute atomic E-state index is 12.3. The molecule has 1 aromatic carbocycles. The number of hydrogen-bond acceptors (Lipinski definition) is 5. The summed E-state index contributed by atoms with van der Waals surface area (Å²) in [5.74, 6) is 1.71. The van der Waals surface area contributed by atoms with E-state index in [4.69, 9.17) is 10.3 Å². The summed E-state index contributed by atoms with van der Waals surface area (Å²) in [6, 6.07) is 13.5. The Bertz CT molecular complexity index is 988. The lowest BCUT2D eigenvalue weighted by atomic mass is 10.0. The highest BCUT2D eigenvalue weighted by molar-refractivity contribution is 5.91. The van der Waals surface area contributed by atoms with Crippen molar-refractivity contribution in [2.24, 2.45) is 0 Å². The van der Waals surface area contributed by atoms with E-state index in [1.54, 1.807) is 6.07 Å². The molecule has 0 aliphatic heterocycles. The van der Waals surface area contributed by atoms with E-state index in [0.29, 0.717) is 11.6 Å². The van der Waals surface area contributed by atoms with E-state index in [2.05, 4.69) is 22.4 Å². The third kappa shape index (κ3) is 3.69. The molecule has 27 heavy (non-hydrogen) atoms. The first-order valence-electron chi connectivity index (χ1n) is 9.02. The zero-order valence-corrected chi connectivity index (χ0v) is 15.5. The molecule has 1 aliphatic rings. The van der Waals surface area contributed by atoms with Crippen molar-refractivity contribution in [1.29, 1.82) is 0 Å². The second-order valence-corrected chi connectivity index (χ2v) is 7.43. The summed E-state index contributed by atoms with van der Waals surface area (Å²) in [6.07, 6.45) is 2.48. The Morgan fingerprint density at radius 1 is 1.22 bits per heavy atom. The number of anilines is 2. The minimum absolute atomic E-state index is 0.0981. The number of aromatic nitrogens is 2. The molecule has 0 saturated heterocycles. The van der Waals surface area contributed by atoms with Gasteiger partial charge in [-0.3, -0.25) is 4.79 Å². The zero-order valence-electron chi connectivity index (χ0n) is 15.5. The minimum atomic E-state index is -0.117. The Labute approximate surface area is 157 Å². The van der Waals surface area contributed by atoms with Gasteiger partial charge in [0.05, 0.1) is 6.42 Å². The molecule has 4 rings (SSSR count). The van der Waals surface area contributed by atoms with E-state index in [0.717, 1.165) is 41.0 Å². The van der Waals surface area contributed by atoms with Crippen molar-refractivity contribution in [3.05, 3.63) is 59.5 Å². The zero-order chi connectivity index (χ0) is 19.0. The Hall–Kier alpha value is -3.15. The van der Waals surface area contributed by atoms with E-state index in [-0.39, 0.29) is 17.7 Å². The number of pyridine rings is 1. The number of benzene rings is 1. The highest BCUT2D eigenvalue weighted by Gasteiger charge is 2.42. The SMILES string of the molecule is Cc1nc(N)ccc1-c1ccc(CC(=O)Nc2cc(C3(C)CC3)on2)cc1. The van der Waals surface area contributed by atoms with Gasteiger partial charge in [-0.2, -0.15) is 0 Å². The van der Waals surface area contributed by atoms with E-state index < -0.39 is 0 Å². The normalized spacial score (nSPS) is 14.7. The summed E-state index contributed by atoms with van der Waals surface area (Å²) < 4.78 is 5.35. The molecule has 0 radical (unpaired) electrons. The van der Waals surface area contributed by atoms with Crippen molar-refractivity contribution in [2.45, 2.75) is 38.5 Å². The lowest BCUT2D eigenvalue weighted by Crippen LogP contribution is -2.14. The van der Waals surface area contributed by atoms with Crippen LogP contribution < -0.4 is 11.1 Å². The van der Waals surface area contributed by atoms with Crippen molar-refractivity contribution < 1.29 is 9.32 Å². The van der Waals surface area contributed by atoms with E-state index in [1.807, 2.05) is 43.3 Å². The minimum Gasteiger partial charge on any atom is -0.384 e. The maximum atomic E-state index is 12.3. The monoisotopic (exact) mass is 362 g/mol. The number of aryl methyl sites for hydroxylation is 1. The van der Waals surface area contributed by atoms with Gasteiger partial charge >= 0.3 is 0 Å². The van der Waals surface area contributed by atoms with Crippen LogP contribution in [0.15, 0.2) is 47.0 Å². The first-order chi connectivity index (χ1) is 12.9. The van der Waals surface area contributed by atoms with Crippen molar-refractivity contribution in [3.63, 3.8) is 0 Å². The molecular weight excluding hydrogens is 340 g/mol. The van der Waals surface area contributed by atoms with Gasteiger partial charge in [0, 0.05) is 22.7 Å². The fourth-order valence-electron chi connectivity index (χ4n) is 3.11. The maximum Gasteiger partial charge on any atom is 0.230 e. The molecule has 3 N–H and O–H groups in total. The van der Waals surface area contributed by atoms with Crippen LogP contribution in [0, 0.1) is 6.92 Å². The van der Waals surface area contributed by atoms with Crippen LogP contribution in [-0.2, 0) is 16.6 Å². The van der Waals surface area contributed by atoms with E-state index in [9.17, 15) is 4.79 Å². The average molecular weight is 362 g/mol. The van der Waals surface area contributed by atoms with Gasteiger partial charge in [0.2, 0.25) is 5.91 Å². The standard InChI is InChI=1S/C21H22N4O2/c1-13-16(7-8-18(22)23-13)15-5-3-14(4-6-15)11-20(26)24-19-12-17(27-25-19)21(2)9-10-21/h3-8,12H,9-11H2,1-2H3,(H2,22,23)(H,24,25,26). The number of nitrogens with zero attached hydrogens (tertiary/aromatic N) is 2. The van der Waals surface area contributed by atoms with Crippen LogP contribution in [0.25, 0.3) is 11.1 Å². The van der Waals surface area contributed by atoms with Gasteiger partial charge < -0.3 is 15.6 Å². The molecule has 1 aliphatic carbocycles. The number of nitrogens with two attached hydrogens (primary N) is 1. The molecule has 3 aromatic rings. The summed E-state index contributed by atoms with van der Waals surface area (Å²) in [5, 5.41) is 6.76. The van der Waals surface area contributed by atoms with Crippen LogP contribution in [-0.4, -0.2) is 16.0 Å². The van der Waals surface area contributed by atoms with Crippen LogP contribution in [0.1, 0.15) is 36.8 Å². The lowest BCUT2D eigenvalue weighted by Gasteiger charge is -2.07. The van der Waals surface area contributed by atoms with Crippen molar-refractivity contribution in [2.75, 3.05) is 11.1 Å². The van der Waals surface area contributed by atoms with Crippen LogP contribution >= 0.6 is 0 Å². The molecule has 0 spiro atoms. The Kier molecular flexibility index (Phi) is 4.18. The van der Waals surface area contributed by atoms with Gasteiger partial charge in [-0.1, -0.05) is 36.3 Å². The summed E-state index contributed by atoms with van der Waals surface area (Å²) >= 11 is 0. The molecular formula is C21H22N4O2. The number of carbonyl (C=O) groups excluding carboxylic acids is 1. The number of hydrogen-bond donors (Lipinski definition) is 2. The van der Waals surface area contributed by atoms with Crippen LogP contribution in [0.2, 0.25) is 0 Å². The fraction of sp³-hybridized carbons (Fsp3) is 0.286. The predicted molar refractivity (Wildman–Crippen MR) is 104 cm³/mol. The van der Waals surface area contributed by atoms with Crippen LogP contribution in [0.4, 0.5) is 11.6 Å². The number of nitrogens with one attached hydrogen (secondary N) is 1. The Balaban J connectivity index is 1.40. The van der Waals surface area contributed by atoms with Gasteiger partial charge in [0.1, 0.15) is 11.6 Å². The first-order valence-corrected chi connectivity index (χ1v) is 9.02. The fourth-order valence-corrected chi connectivity index (χ4v) is 3.11. The second-order valence-electron chi connectivity index (χ2n) is 7.43. The molecule has 138 valence electrons. The largest absolute Gasteiger partial charge is 0.384 e. The molecule has 0 atom stereocenters. The third-order valence-electron chi connectivity index (χ3n) is 5.11. The van der Waals surface area contributed by atoms with Crippen molar-refractivity contribution >= 4 is 17.5 Å². The van der Waals surface area contributed by atoms with Crippen LogP contribution in [0.5, 0.6) is 0 Å². The molecule has 2 heterocycles. The quantitative estimate of drug-likeness (QED) is 0.719. The van der Waals surface area contributed by atoms with Gasteiger partial charge in [-0.25, -0.2) is 4.98 Å². The number of carbonyl (C=O) groups is 1. The molecule has 0 unspecified atom stereocenters. The molecule has 1 saturated carbocycles. The average Bonchev–Trinajstić information content (AvgIpc) is 3.20. The summed E-state index contributed by atoms with van der Waals surface area (Å²) in [5.41, 5.74) is 9.69. The topological polar surface area (TPSA) is 94.0 Å². The molecule has 6 heteroatoms. The summed E-state index contributed by atoms with van der Waals surface area (Å²) in [7, 11) is 0. The van der Waals surface area contributed by atoms with Gasteiger partial charge in [0.25, 0.3) is 0 Å². The van der Waals surface area contributed by atoms with E-state index >= 15 is 0 Å². The smallest absolute Gasteiger partial charge is 0.230 e. The molecule has 2 aromatic heterocycles. The molecule has 6 nitrogen and oxygen atoms in total. The second kappa shape index (κ2) is 6.54. The molecule has 0 bridgehead atoms. The van der Waals surface area contributed by atoms with Crippen LogP contribution in [0.3, 0.4) is 0 Å². The van der Waals surface area contributed by atoms with Crippen molar-refractivity contribution in [3.8, 4) is 11.1 Å². The van der Waals surface area contributed by atoms with Gasteiger partial charge in [0.15, 0.2) is 5.82 Å². The highest BCUT2D eigenvalue weighted by atomic mass is 16.5. The summed E-state index contributed by atoms with van der Waals surface area (Å²) in [4.78, 5) is 16.6. The number of rotatable bonds is 5. The Morgan fingerprint density at radius 3 is 2.63 bits per heavy atom. The third-order valence-corrected chi connectivity index (χ3v) is 5.11. The summed E-state index contributed by atoms with van der Waals surface area (Å²) in [6.45, 7) is 4.07. The van der Waals surface area contributed by atoms with Crippen molar-refractivity contribution in [1.82, 2.24) is 10.1 Å². The highest BCUT2D eigenvalue weighted by Crippen LogP contribution is 2.48. The predicted octanol–water partition coefficient (Wildman–Crippen LogP) is 3.86. The molecule has 1 fully saturated rings. The Morgan fingerprint density at radius 2 is 1.96 bits per heavy atom. The van der Waals surface area contributed by atoms with E-state index in [1.165, 1.54) is 0 Å². The lowest BCUT2D eigenvalue weighted by molar-refractivity contribution is -0.115. The number of nitrogen functional groups attached to an aromatic ring is 1. The van der Waals surface area contributed by atoms with Gasteiger partial charge in [-0.15, -0.1) is 0 Å². The number of amides is 1. The van der Waals surface area contributed by atoms with Gasteiger partial charge in [-0.05, 0) is 43.0 Å².